The van der Waals surface area contributed by atoms with Crippen molar-refractivity contribution in [2.45, 2.75) is 25.7 Å². The lowest BCUT2D eigenvalue weighted by Crippen LogP contribution is -1.91. The molecule has 1 aliphatic carbocycles. The van der Waals surface area contributed by atoms with Crippen molar-refractivity contribution >= 4 is 22.3 Å². The Labute approximate surface area is 106 Å². The largest absolute Gasteiger partial charge is 0.295 e. The zero-order valence-electron chi connectivity index (χ0n) is 10.2. The van der Waals surface area contributed by atoms with Gasteiger partial charge in [0.05, 0.1) is 5.52 Å². The summed E-state index contributed by atoms with van der Waals surface area (Å²) in [5, 5.41) is 1.13. The molecule has 0 amide bonds. The van der Waals surface area contributed by atoms with E-state index in [-0.39, 0.29) is 5.78 Å². The standard InChI is InChI=1S/C16H15NO/c18-15-7-3-1-5-12(10-15)14-9-13-6-2-4-8-16(13)17-11-14/h2,4,6,8-11H,1,3,5,7H2. The summed E-state index contributed by atoms with van der Waals surface area (Å²) in [4.78, 5) is 16.1. The topological polar surface area (TPSA) is 30.0 Å². The first kappa shape index (κ1) is 11.1. The number of hydrogen-bond acceptors (Lipinski definition) is 2. The van der Waals surface area contributed by atoms with Gasteiger partial charge in [0.15, 0.2) is 5.78 Å². The third-order valence-electron chi connectivity index (χ3n) is 3.42. The maximum atomic E-state index is 11.6. The monoisotopic (exact) mass is 237 g/mol. The van der Waals surface area contributed by atoms with Gasteiger partial charge in [0, 0.05) is 18.0 Å². The van der Waals surface area contributed by atoms with Gasteiger partial charge in [-0.25, -0.2) is 0 Å². The smallest absolute Gasteiger partial charge is 0.155 e. The molecule has 1 aromatic carbocycles. The van der Waals surface area contributed by atoms with Crippen LogP contribution in [0.5, 0.6) is 0 Å². The number of benzene rings is 1. The number of pyridine rings is 1. The van der Waals surface area contributed by atoms with Crippen LogP contribution >= 0.6 is 0 Å². The second-order valence-corrected chi connectivity index (χ2v) is 4.76. The number of carbonyl (C=O) groups is 1. The number of aromatic nitrogens is 1. The maximum absolute atomic E-state index is 11.6. The van der Waals surface area contributed by atoms with Gasteiger partial charge in [-0.3, -0.25) is 9.78 Å². The van der Waals surface area contributed by atoms with E-state index in [4.69, 9.17) is 0 Å². The Kier molecular flexibility index (Phi) is 2.93. The van der Waals surface area contributed by atoms with Crippen molar-refractivity contribution < 1.29 is 4.79 Å². The second-order valence-electron chi connectivity index (χ2n) is 4.76. The quantitative estimate of drug-likeness (QED) is 0.755. The molecule has 1 aliphatic rings. The number of carbonyl (C=O) groups excluding carboxylic acids is 1. The lowest BCUT2D eigenvalue weighted by Gasteiger charge is -2.06. The van der Waals surface area contributed by atoms with Crippen LogP contribution in [0.2, 0.25) is 0 Å². The van der Waals surface area contributed by atoms with E-state index in [1.165, 1.54) is 0 Å². The molecule has 0 aliphatic heterocycles. The van der Waals surface area contributed by atoms with Gasteiger partial charge in [0.1, 0.15) is 0 Å². The Balaban J connectivity index is 2.05. The van der Waals surface area contributed by atoms with Gasteiger partial charge < -0.3 is 0 Å². The van der Waals surface area contributed by atoms with Crippen LogP contribution in [0.1, 0.15) is 31.2 Å². The molecule has 0 atom stereocenters. The van der Waals surface area contributed by atoms with Crippen molar-refractivity contribution in [3.05, 3.63) is 48.2 Å². The number of fused-ring (bicyclic) bond motifs is 1. The summed E-state index contributed by atoms with van der Waals surface area (Å²) in [7, 11) is 0. The fourth-order valence-electron chi connectivity index (χ4n) is 2.43. The molecule has 0 N–H and O–H groups in total. The van der Waals surface area contributed by atoms with Gasteiger partial charge in [-0.2, -0.15) is 0 Å². The molecular formula is C16H15NO. The molecule has 2 aromatic rings. The molecule has 0 radical (unpaired) electrons. The van der Waals surface area contributed by atoms with Crippen molar-refractivity contribution in [2.24, 2.45) is 0 Å². The molecule has 1 aromatic heterocycles. The molecule has 0 unspecified atom stereocenters. The predicted octanol–water partition coefficient (Wildman–Crippen LogP) is 3.76. The summed E-state index contributed by atoms with van der Waals surface area (Å²) in [6.07, 6.45) is 7.44. The van der Waals surface area contributed by atoms with Gasteiger partial charge in [-0.1, -0.05) is 18.2 Å². The van der Waals surface area contributed by atoms with Crippen molar-refractivity contribution in [3.8, 4) is 0 Å². The number of rotatable bonds is 1. The van der Waals surface area contributed by atoms with Crippen LogP contribution in [0.15, 0.2) is 42.6 Å². The summed E-state index contributed by atoms with van der Waals surface area (Å²) in [5.74, 6) is 0.246. The van der Waals surface area contributed by atoms with E-state index in [2.05, 4.69) is 17.1 Å². The minimum atomic E-state index is 0.246. The highest BCUT2D eigenvalue weighted by molar-refractivity contribution is 5.98. The van der Waals surface area contributed by atoms with Crippen LogP contribution in [0, 0.1) is 0 Å². The fraction of sp³-hybridized carbons (Fsp3) is 0.250. The first-order chi connectivity index (χ1) is 8.83. The molecule has 1 heterocycles. The molecule has 3 rings (SSSR count). The fourth-order valence-corrected chi connectivity index (χ4v) is 2.43. The zero-order chi connectivity index (χ0) is 12.4. The van der Waals surface area contributed by atoms with Crippen LogP contribution in [0.3, 0.4) is 0 Å². The second kappa shape index (κ2) is 4.73. The summed E-state index contributed by atoms with van der Waals surface area (Å²) in [6.45, 7) is 0. The molecule has 2 heteroatoms. The summed E-state index contributed by atoms with van der Waals surface area (Å²) in [5.41, 5.74) is 3.22. The van der Waals surface area contributed by atoms with E-state index in [9.17, 15) is 4.79 Å². The molecule has 0 bridgehead atoms. The Morgan fingerprint density at radius 1 is 1.06 bits per heavy atom. The number of para-hydroxylation sites is 1. The zero-order valence-corrected chi connectivity index (χ0v) is 10.2. The van der Waals surface area contributed by atoms with E-state index >= 15 is 0 Å². The minimum absolute atomic E-state index is 0.246. The summed E-state index contributed by atoms with van der Waals surface area (Å²) < 4.78 is 0. The van der Waals surface area contributed by atoms with Gasteiger partial charge in [-0.05, 0) is 48.6 Å². The lowest BCUT2D eigenvalue weighted by molar-refractivity contribution is -0.114. The molecule has 18 heavy (non-hydrogen) atoms. The van der Waals surface area contributed by atoms with E-state index in [0.29, 0.717) is 6.42 Å². The summed E-state index contributed by atoms with van der Waals surface area (Å²) >= 11 is 0. The Morgan fingerprint density at radius 3 is 2.83 bits per heavy atom. The van der Waals surface area contributed by atoms with Gasteiger partial charge in [-0.15, -0.1) is 0 Å². The summed E-state index contributed by atoms with van der Waals surface area (Å²) in [6, 6.07) is 10.2. The van der Waals surface area contributed by atoms with Crippen molar-refractivity contribution in [1.82, 2.24) is 4.98 Å². The number of nitrogens with zero attached hydrogens (tertiary/aromatic N) is 1. The van der Waals surface area contributed by atoms with Gasteiger partial charge in [0.2, 0.25) is 0 Å². The van der Waals surface area contributed by atoms with E-state index < -0.39 is 0 Å². The first-order valence-corrected chi connectivity index (χ1v) is 6.41. The Bertz CT molecular complexity index is 628. The first-order valence-electron chi connectivity index (χ1n) is 6.41. The maximum Gasteiger partial charge on any atom is 0.155 e. The highest BCUT2D eigenvalue weighted by Gasteiger charge is 2.10. The van der Waals surface area contributed by atoms with Gasteiger partial charge >= 0.3 is 0 Å². The van der Waals surface area contributed by atoms with Crippen LogP contribution in [0.4, 0.5) is 0 Å². The molecular weight excluding hydrogens is 222 g/mol. The normalized spacial score (nSPS) is 16.4. The third kappa shape index (κ3) is 2.19. The van der Waals surface area contributed by atoms with E-state index in [0.717, 1.165) is 41.3 Å². The van der Waals surface area contributed by atoms with Crippen molar-refractivity contribution in [2.75, 3.05) is 0 Å². The van der Waals surface area contributed by atoms with Crippen LogP contribution < -0.4 is 0 Å². The Morgan fingerprint density at radius 2 is 1.89 bits per heavy atom. The average Bonchev–Trinajstić information content (AvgIpc) is 2.63. The minimum Gasteiger partial charge on any atom is -0.295 e. The third-order valence-corrected chi connectivity index (χ3v) is 3.42. The number of ketones is 1. The van der Waals surface area contributed by atoms with Crippen LogP contribution in [-0.4, -0.2) is 10.8 Å². The number of allylic oxidation sites excluding steroid dienone is 2. The molecule has 0 saturated heterocycles. The molecule has 2 nitrogen and oxygen atoms in total. The highest BCUT2D eigenvalue weighted by atomic mass is 16.1. The molecule has 90 valence electrons. The van der Waals surface area contributed by atoms with Gasteiger partial charge in [0.25, 0.3) is 0 Å². The van der Waals surface area contributed by atoms with Crippen molar-refractivity contribution in [3.63, 3.8) is 0 Å². The molecule has 0 saturated carbocycles. The van der Waals surface area contributed by atoms with Crippen LogP contribution in [-0.2, 0) is 4.79 Å². The van der Waals surface area contributed by atoms with Crippen molar-refractivity contribution in [1.29, 1.82) is 0 Å². The molecule has 0 fully saturated rings. The average molecular weight is 237 g/mol. The van der Waals surface area contributed by atoms with E-state index in [1.54, 1.807) is 6.08 Å². The van der Waals surface area contributed by atoms with E-state index in [1.807, 2.05) is 24.4 Å². The lowest BCUT2D eigenvalue weighted by atomic mass is 10.0. The molecule has 0 spiro atoms. The predicted molar refractivity (Wildman–Crippen MR) is 73.2 cm³/mol. The number of hydrogen-bond donors (Lipinski definition) is 0. The Hall–Kier alpha value is -1.96. The SMILES string of the molecule is O=C1C=C(c2cnc3ccccc3c2)CCCC1. The van der Waals surface area contributed by atoms with Crippen LogP contribution in [0.25, 0.3) is 16.5 Å². The highest BCUT2D eigenvalue weighted by Crippen LogP contribution is 2.26.